The zero-order valence-electron chi connectivity index (χ0n) is 15.8. The van der Waals surface area contributed by atoms with Crippen LogP contribution in [0.15, 0.2) is 73.3 Å². The third-order valence-corrected chi connectivity index (χ3v) is 5.11. The molecule has 146 valence electrons. The van der Waals surface area contributed by atoms with Crippen LogP contribution in [0.3, 0.4) is 0 Å². The molecule has 1 saturated carbocycles. The summed E-state index contributed by atoms with van der Waals surface area (Å²) in [7, 11) is 0. The first kappa shape index (κ1) is 19.0. The highest BCUT2D eigenvalue weighted by atomic mass is 16.5. The van der Waals surface area contributed by atoms with E-state index in [2.05, 4.69) is 39.6 Å². The molecule has 2 aromatic carbocycles. The van der Waals surface area contributed by atoms with Crippen LogP contribution in [0.2, 0.25) is 0 Å². The number of rotatable bonds is 7. The van der Waals surface area contributed by atoms with Crippen molar-refractivity contribution in [1.29, 1.82) is 0 Å². The summed E-state index contributed by atoms with van der Waals surface area (Å²) in [6.45, 7) is 0.807. The van der Waals surface area contributed by atoms with Gasteiger partial charge in [-0.3, -0.25) is 10.0 Å². The summed E-state index contributed by atoms with van der Waals surface area (Å²) < 4.78 is 0. The van der Waals surface area contributed by atoms with Crippen LogP contribution in [-0.4, -0.2) is 27.1 Å². The van der Waals surface area contributed by atoms with Gasteiger partial charge < -0.3 is 5.32 Å². The normalized spacial score (nSPS) is 18.0. The first-order chi connectivity index (χ1) is 14.2. The van der Waals surface area contributed by atoms with Crippen LogP contribution < -0.4 is 10.8 Å². The van der Waals surface area contributed by atoms with Crippen LogP contribution in [0.25, 0.3) is 17.2 Å². The van der Waals surface area contributed by atoms with Gasteiger partial charge in [-0.15, -0.1) is 0 Å². The highest BCUT2D eigenvalue weighted by Gasteiger charge is 2.37. The Bertz CT molecular complexity index is 986. The van der Waals surface area contributed by atoms with Gasteiger partial charge in [-0.1, -0.05) is 48.5 Å². The van der Waals surface area contributed by atoms with Crippen molar-refractivity contribution >= 4 is 12.0 Å². The fourth-order valence-electron chi connectivity index (χ4n) is 3.36. The number of hydroxylamine groups is 1. The molecule has 2 atom stereocenters. The van der Waals surface area contributed by atoms with Gasteiger partial charge in [0.05, 0.1) is 0 Å². The highest BCUT2D eigenvalue weighted by molar-refractivity contribution is 5.90. The minimum absolute atomic E-state index is 0.494. The van der Waals surface area contributed by atoms with E-state index in [4.69, 9.17) is 5.21 Å². The topological polar surface area (TPSA) is 87.1 Å². The minimum Gasteiger partial charge on any atom is -0.309 e. The third-order valence-electron chi connectivity index (χ3n) is 5.11. The summed E-state index contributed by atoms with van der Waals surface area (Å²) in [6.07, 6.45) is 9.28. The number of hydrogen-bond acceptors (Lipinski definition) is 5. The lowest BCUT2D eigenvalue weighted by Gasteiger charge is -2.06. The Morgan fingerprint density at radius 2 is 1.76 bits per heavy atom. The van der Waals surface area contributed by atoms with E-state index < -0.39 is 5.91 Å². The Labute approximate surface area is 169 Å². The van der Waals surface area contributed by atoms with Crippen molar-refractivity contribution in [3.63, 3.8) is 0 Å². The van der Waals surface area contributed by atoms with Crippen LogP contribution in [0.5, 0.6) is 0 Å². The Hall–Kier alpha value is -3.35. The molecule has 3 aromatic rings. The van der Waals surface area contributed by atoms with Crippen LogP contribution in [0.4, 0.5) is 0 Å². The quantitative estimate of drug-likeness (QED) is 0.329. The molecule has 0 aliphatic heterocycles. The lowest BCUT2D eigenvalue weighted by Crippen LogP contribution is -2.17. The molecule has 1 aliphatic carbocycles. The lowest BCUT2D eigenvalue weighted by molar-refractivity contribution is -0.124. The maximum absolute atomic E-state index is 11.0. The van der Waals surface area contributed by atoms with Gasteiger partial charge in [-0.2, -0.15) is 0 Å². The lowest BCUT2D eigenvalue weighted by atomic mass is 10.0. The molecule has 1 amide bonds. The van der Waals surface area contributed by atoms with Crippen molar-refractivity contribution < 1.29 is 10.0 Å². The molecule has 1 fully saturated rings. The number of aromatic nitrogens is 2. The second kappa shape index (κ2) is 8.77. The van der Waals surface area contributed by atoms with E-state index >= 15 is 0 Å². The van der Waals surface area contributed by atoms with Gasteiger partial charge in [0, 0.05) is 42.5 Å². The van der Waals surface area contributed by atoms with Gasteiger partial charge >= 0.3 is 0 Å². The van der Waals surface area contributed by atoms with Gasteiger partial charge in [0.15, 0.2) is 0 Å². The van der Waals surface area contributed by atoms with Gasteiger partial charge in [0.1, 0.15) is 6.33 Å². The predicted molar refractivity (Wildman–Crippen MR) is 111 cm³/mol. The number of carbonyl (C=O) groups excluding carboxylic acids is 1. The minimum atomic E-state index is -0.541. The first-order valence-corrected chi connectivity index (χ1v) is 9.53. The molecular formula is C23H22N4O2. The number of hydrogen-bond donors (Lipinski definition) is 3. The van der Waals surface area contributed by atoms with Crippen molar-refractivity contribution in [1.82, 2.24) is 20.8 Å². The fourth-order valence-corrected chi connectivity index (χ4v) is 3.36. The fraction of sp³-hybridized carbons (Fsp3) is 0.174. The molecule has 3 N–H and O–H groups in total. The Kier molecular flexibility index (Phi) is 5.74. The van der Waals surface area contributed by atoms with Crippen molar-refractivity contribution in [3.05, 3.63) is 90.0 Å². The van der Waals surface area contributed by atoms with E-state index in [0.29, 0.717) is 12.0 Å². The molecule has 29 heavy (non-hydrogen) atoms. The predicted octanol–water partition coefficient (Wildman–Crippen LogP) is 3.31. The molecule has 0 saturated heterocycles. The SMILES string of the molecule is O=C(/C=C/c1ccc(CNC2CC2c2ccc(-c3cncnc3)cc2)cc1)NO. The summed E-state index contributed by atoms with van der Waals surface area (Å²) in [5, 5.41) is 12.1. The molecular weight excluding hydrogens is 364 g/mol. The smallest absolute Gasteiger partial charge is 0.267 e. The first-order valence-electron chi connectivity index (χ1n) is 9.53. The largest absolute Gasteiger partial charge is 0.309 e. The molecule has 0 bridgehead atoms. The van der Waals surface area contributed by atoms with Gasteiger partial charge in [0.2, 0.25) is 0 Å². The summed E-state index contributed by atoms with van der Waals surface area (Å²) in [5.41, 5.74) is 7.19. The van der Waals surface area contributed by atoms with Crippen molar-refractivity contribution in [2.75, 3.05) is 0 Å². The molecule has 1 aromatic heterocycles. The van der Waals surface area contributed by atoms with E-state index in [1.165, 1.54) is 23.5 Å². The molecule has 2 unspecified atom stereocenters. The Balaban J connectivity index is 1.28. The van der Waals surface area contributed by atoms with Gasteiger partial charge in [-0.05, 0) is 34.8 Å². The Morgan fingerprint density at radius 3 is 2.45 bits per heavy atom. The second-order valence-corrected chi connectivity index (χ2v) is 7.13. The Morgan fingerprint density at radius 1 is 1.03 bits per heavy atom. The summed E-state index contributed by atoms with van der Waals surface area (Å²) in [4.78, 5) is 19.2. The number of amides is 1. The molecule has 1 aliphatic rings. The maximum Gasteiger partial charge on any atom is 0.267 e. The highest BCUT2D eigenvalue weighted by Crippen LogP contribution is 2.41. The van der Waals surface area contributed by atoms with Crippen LogP contribution in [0.1, 0.15) is 29.0 Å². The number of nitrogens with one attached hydrogen (secondary N) is 2. The number of benzene rings is 2. The standard InChI is InChI=1S/C23H22N4O2/c28-23(27-29)10-5-16-1-3-17(4-2-16)12-26-22-11-21(22)19-8-6-18(7-9-19)20-13-24-15-25-14-20/h1-10,13-15,21-22,26,29H,11-12H2,(H,27,28)/b10-5+. The van der Waals surface area contributed by atoms with Crippen LogP contribution in [0, 0.1) is 0 Å². The second-order valence-electron chi connectivity index (χ2n) is 7.13. The van der Waals surface area contributed by atoms with Gasteiger partial charge in [-0.25, -0.2) is 15.4 Å². The number of carbonyl (C=O) groups is 1. The van der Waals surface area contributed by atoms with Crippen LogP contribution >= 0.6 is 0 Å². The van der Waals surface area contributed by atoms with Crippen molar-refractivity contribution in [2.24, 2.45) is 0 Å². The van der Waals surface area contributed by atoms with E-state index in [0.717, 1.165) is 29.7 Å². The van der Waals surface area contributed by atoms with E-state index in [9.17, 15) is 4.79 Å². The third kappa shape index (κ3) is 4.93. The summed E-state index contributed by atoms with van der Waals surface area (Å²) in [6, 6.07) is 17.1. The zero-order chi connectivity index (χ0) is 20.1. The molecule has 0 spiro atoms. The molecule has 6 heteroatoms. The summed E-state index contributed by atoms with van der Waals surface area (Å²) >= 11 is 0. The average Bonchev–Trinajstić information content (AvgIpc) is 3.57. The summed E-state index contributed by atoms with van der Waals surface area (Å²) in [5.74, 6) is 0.0101. The molecule has 4 rings (SSSR count). The monoisotopic (exact) mass is 386 g/mol. The van der Waals surface area contributed by atoms with E-state index in [1.807, 2.05) is 36.7 Å². The van der Waals surface area contributed by atoms with E-state index in [1.54, 1.807) is 11.6 Å². The zero-order valence-corrected chi connectivity index (χ0v) is 15.8. The van der Waals surface area contributed by atoms with Crippen molar-refractivity contribution in [3.8, 4) is 11.1 Å². The maximum atomic E-state index is 11.0. The van der Waals surface area contributed by atoms with Gasteiger partial charge in [0.25, 0.3) is 5.91 Å². The number of nitrogens with zero attached hydrogens (tertiary/aromatic N) is 2. The van der Waals surface area contributed by atoms with Crippen LogP contribution in [-0.2, 0) is 11.3 Å². The van der Waals surface area contributed by atoms with Crippen molar-refractivity contribution in [2.45, 2.75) is 24.9 Å². The van der Waals surface area contributed by atoms with E-state index in [-0.39, 0.29) is 0 Å². The molecule has 0 radical (unpaired) electrons. The average molecular weight is 386 g/mol. The molecule has 6 nitrogen and oxygen atoms in total. The molecule has 1 heterocycles.